The molecule has 0 radical (unpaired) electrons. The topological polar surface area (TPSA) is 66.8 Å². The second-order valence-corrected chi connectivity index (χ2v) is 6.79. The number of rotatable bonds is 3. The molecule has 1 amide bonds. The first-order valence-corrected chi connectivity index (χ1v) is 8.51. The van der Waals surface area contributed by atoms with Gasteiger partial charge in [-0.05, 0) is 23.3 Å². The first kappa shape index (κ1) is 15.4. The second-order valence-electron chi connectivity index (χ2n) is 5.57. The molecule has 0 aliphatic carbocycles. The summed E-state index contributed by atoms with van der Waals surface area (Å²) >= 11 is 1.67. The van der Waals surface area contributed by atoms with Crippen molar-refractivity contribution in [3.8, 4) is 0 Å². The number of hydrogen-bond acceptors (Lipinski definition) is 4. The summed E-state index contributed by atoms with van der Waals surface area (Å²) in [6.07, 6.45) is 0.534. The zero-order valence-electron chi connectivity index (χ0n) is 12.2. The SMILES string of the molecule is O=C(O)CC1CN(C(=O)C2SCCc3ccccc32)CCO1. The molecule has 1 fully saturated rings. The van der Waals surface area contributed by atoms with Gasteiger partial charge < -0.3 is 14.7 Å². The van der Waals surface area contributed by atoms with Gasteiger partial charge in [-0.2, -0.15) is 0 Å². The third-order valence-corrected chi connectivity index (χ3v) is 5.30. The lowest BCUT2D eigenvalue weighted by Gasteiger charge is -2.35. The van der Waals surface area contributed by atoms with E-state index in [1.807, 2.05) is 18.2 Å². The van der Waals surface area contributed by atoms with Crippen molar-refractivity contribution in [2.75, 3.05) is 25.4 Å². The molecule has 0 aromatic heterocycles. The van der Waals surface area contributed by atoms with Crippen LogP contribution in [0.5, 0.6) is 0 Å². The van der Waals surface area contributed by atoms with Crippen molar-refractivity contribution in [3.05, 3.63) is 35.4 Å². The number of carboxylic acid groups (broad SMARTS) is 1. The minimum Gasteiger partial charge on any atom is -0.481 e. The van der Waals surface area contributed by atoms with Gasteiger partial charge in [0.2, 0.25) is 5.91 Å². The summed E-state index contributed by atoms with van der Waals surface area (Å²) < 4.78 is 5.44. The maximum absolute atomic E-state index is 12.8. The fraction of sp³-hybridized carbons (Fsp3) is 0.500. The van der Waals surface area contributed by atoms with Crippen molar-refractivity contribution >= 4 is 23.6 Å². The van der Waals surface area contributed by atoms with E-state index in [1.54, 1.807) is 16.7 Å². The van der Waals surface area contributed by atoms with E-state index in [0.29, 0.717) is 19.7 Å². The molecule has 1 aromatic carbocycles. The fourth-order valence-electron chi connectivity index (χ4n) is 3.00. The number of carboxylic acids is 1. The Hall–Kier alpha value is -1.53. The molecule has 22 heavy (non-hydrogen) atoms. The summed E-state index contributed by atoms with van der Waals surface area (Å²) in [5, 5.41) is 8.71. The lowest BCUT2D eigenvalue weighted by molar-refractivity contribution is -0.147. The molecule has 1 saturated heterocycles. The Balaban J connectivity index is 1.73. The average Bonchev–Trinajstić information content (AvgIpc) is 2.53. The number of carbonyl (C=O) groups excluding carboxylic acids is 1. The number of thioether (sulfide) groups is 1. The maximum Gasteiger partial charge on any atom is 0.306 e. The number of aryl methyl sites for hydroxylation is 1. The van der Waals surface area contributed by atoms with E-state index in [4.69, 9.17) is 9.84 Å². The summed E-state index contributed by atoms with van der Waals surface area (Å²) in [6.45, 7) is 1.31. The van der Waals surface area contributed by atoms with Crippen molar-refractivity contribution in [1.82, 2.24) is 4.90 Å². The van der Waals surface area contributed by atoms with Gasteiger partial charge in [-0.25, -0.2) is 0 Å². The largest absolute Gasteiger partial charge is 0.481 e. The van der Waals surface area contributed by atoms with Gasteiger partial charge in [0, 0.05) is 13.1 Å². The molecule has 2 aliphatic heterocycles. The summed E-state index contributed by atoms with van der Waals surface area (Å²) in [7, 11) is 0. The van der Waals surface area contributed by atoms with E-state index in [1.165, 1.54) is 5.56 Å². The second kappa shape index (κ2) is 6.71. The van der Waals surface area contributed by atoms with Gasteiger partial charge >= 0.3 is 5.97 Å². The highest BCUT2D eigenvalue weighted by Gasteiger charge is 2.33. The number of amides is 1. The van der Waals surface area contributed by atoms with E-state index in [9.17, 15) is 9.59 Å². The third-order valence-electron chi connectivity index (χ3n) is 4.07. The van der Waals surface area contributed by atoms with E-state index in [2.05, 4.69) is 6.07 Å². The van der Waals surface area contributed by atoms with Gasteiger partial charge in [0.25, 0.3) is 0 Å². The van der Waals surface area contributed by atoms with Crippen LogP contribution in [0.2, 0.25) is 0 Å². The Morgan fingerprint density at radius 2 is 2.18 bits per heavy atom. The predicted molar refractivity (Wildman–Crippen MR) is 83.9 cm³/mol. The van der Waals surface area contributed by atoms with Gasteiger partial charge in [0.1, 0.15) is 5.25 Å². The molecule has 5 nitrogen and oxygen atoms in total. The number of carbonyl (C=O) groups is 2. The van der Waals surface area contributed by atoms with Gasteiger partial charge in [0.15, 0.2) is 0 Å². The average molecular weight is 321 g/mol. The number of fused-ring (bicyclic) bond motifs is 1. The van der Waals surface area contributed by atoms with E-state index in [0.717, 1.165) is 17.7 Å². The first-order valence-electron chi connectivity index (χ1n) is 7.46. The van der Waals surface area contributed by atoms with Crippen LogP contribution in [0.15, 0.2) is 24.3 Å². The van der Waals surface area contributed by atoms with E-state index < -0.39 is 12.1 Å². The van der Waals surface area contributed by atoms with Gasteiger partial charge in [-0.15, -0.1) is 11.8 Å². The van der Waals surface area contributed by atoms with Crippen LogP contribution in [-0.2, 0) is 20.7 Å². The molecule has 0 spiro atoms. The number of hydrogen-bond donors (Lipinski definition) is 1. The number of nitrogens with zero attached hydrogens (tertiary/aromatic N) is 1. The van der Waals surface area contributed by atoms with Gasteiger partial charge in [-0.3, -0.25) is 9.59 Å². The highest BCUT2D eigenvalue weighted by atomic mass is 32.2. The van der Waals surface area contributed by atoms with Crippen molar-refractivity contribution < 1.29 is 19.4 Å². The van der Waals surface area contributed by atoms with Crippen molar-refractivity contribution in [2.24, 2.45) is 0 Å². The Kier molecular flexibility index (Phi) is 4.69. The lowest BCUT2D eigenvalue weighted by Crippen LogP contribution is -2.47. The van der Waals surface area contributed by atoms with Crippen LogP contribution >= 0.6 is 11.8 Å². The highest BCUT2D eigenvalue weighted by Crippen LogP contribution is 2.38. The number of benzene rings is 1. The van der Waals surface area contributed by atoms with Gasteiger partial charge in [-0.1, -0.05) is 24.3 Å². The van der Waals surface area contributed by atoms with Crippen LogP contribution in [0.1, 0.15) is 22.8 Å². The normalized spacial score (nSPS) is 24.6. The van der Waals surface area contributed by atoms with Crippen LogP contribution in [0, 0.1) is 0 Å². The van der Waals surface area contributed by atoms with Crippen LogP contribution in [0.25, 0.3) is 0 Å². The number of ether oxygens (including phenoxy) is 1. The first-order chi connectivity index (χ1) is 10.6. The van der Waals surface area contributed by atoms with E-state index in [-0.39, 0.29) is 17.6 Å². The molecule has 2 atom stereocenters. The van der Waals surface area contributed by atoms with Crippen LogP contribution in [0.3, 0.4) is 0 Å². The summed E-state index contributed by atoms with van der Waals surface area (Å²) in [5.41, 5.74) is 2.35. The number of morpholine rings is 1. The van der Waals surface area contributed by atoms with Crippen molar-refractivity contribution in [2.45, 2.75) is 24.2 Å². The van der Waals surface area contributed by atoms with Gasteiger partial charge in [0.05, 0.1) is 19.1 Å². The minimum atomic E-state index is -0.892. The molecule has 118 valence electrons. The molecule has 0 bridgehead atoms. The molecule has 0 saturated carbocycles. The minimum absolute atomic E-state index is 0.0574. The maximum atomic E-state index is 12.8. The monoisotopic (exact) mass is 321 g/mol. The standard InChI is InChI=1S/C16H19NO4S/c18-14(19)9-12-10-17(6-7-21-12)16(20)15-13-4-2-1-3-11(13)5-8-22-15/h1-4,12,15H,5-10H2,(H,18,19). The molecule has 3 rings (SSSR count). The molecule has 1 N–H and O–H groups in total. The Morgan fingerprint density at radius 3 is 3.00 bits per heavy atom. The molecular formula is C16H19NO4S. The zero-order chi connectivity index (χ0) is 15.5. The molecular weight excluding hydrogens is 302 g/mol. The van der Waals surface area contributed by atoms with Crippen molar-refractivity contribution in [1.29, 1.82) is 0 Å². The Labute approximate surface area is 133 Å². The van der Waals surface area contributed by atoms with Crippen LogP contribution in [0.4, 0.5) is 0 Å². The molecule has 6 heteroatoms. The third kappa shape index (κ3) is 3.28. The predicted octanol–water partition coefficient (Wildman–Crippen LogP) is 1.72. The highest BCUT2D eigenvalue weighted by molar-refractivity contribution is 8.00. The zero-order valence-corrected chi connectivity index (χ0v) is 13.1. The quantitative estimate of drug-likeness (QED) is 0.918. The van der Waals surface area contributed by atoms with Crippen LogP contribution < -0.4 is 0 Å². The number of aliphatic carboxylic acids is 1. The summed E-state index contributed by atoms with van der Waals surface area (Å²) in [6, 6.07) is 8.09. The van der Waals surface area contributed by atoms with E-state index >= 15 is 0 Å². The summed E-state index contributed by atoms with van der Waals surface area (Å²) in [5.74, 6) is 0.128. The Morgan fingerprint density at radius 1 is 1.36 bits per heavy atom. The Bertz CT molecular complexity index is 577. The van der Waals surface area contributed by atoms with Crippen LogP contribution in [-0.4, -0.2) is 53.4 Å². The van der Waals surface area contributed by atoms with Crippen molar-refractivity contribution in [3.63, 3.8) is 0 Å². The fourth-order valence-corrected chi connectivity index (χ4v) is 4.28. The molecule has 2 unspecified atom stereocenters. The summed E-state index contributed by atoms with van der Waals surface area (Å²) in [4.78, 5) is 25.4. The molecule has 2 aliphatic rings. The molecule has 2 heterocycles. The smallest absolute Gasteiger partial charge is 0.306 e. The lowest BCUT2D eigenvalue weighted by atomic mass is 10.0. The molecule has 1 aromatic rings.